The molecule has 0 saturated carbocycles. The molecule has 1 saturated heterocycles. The number of carbonyl (C=O) groups excluding carboxylic acids is 2. The van der Waals surface area contributed by atoms with E-state index < -0.39 is 23.0 Å². The van der Waals surface area contributed by atoms with Crippen LogP contribution in [0.4, 0.5) is 16.2 Å². The highest BCUT2D eigenvalue weighted by atomic mass is 35.5. The van der Waals surface area contributed by atoms with E-state index in [9.17, 15) is 19.7 Å². The van der Waals surface area contributed by atoms with E-state index in [0.29, 0.717) is 37.0 Å². The van der Waals surface area contributed by atoms with Crippen LogP contribution in [0.15, 0.2) is 42.5 Å². The Morgan fingerprint density at radius 3 is 2.31 bits per heavy atom. The minimum Gasteiger partial charge on any atom is -0.496 e. The molecular weight excluding hydrogens is 440 g/mol. The van der Waals surface area contributed by atoms with Crippen LogP contribution in [0.3, 0.4) is 0 Å². The van der Waals surface area contributed by atoms with Gasteiger partial charge in [-0.3, -0.25) is 15.0 Å². The molecule has 1 aliphatic heterocycles. The van der Waals surface area contributed by atoms with Crippen LogP contribution in [0.2, 0.25) is 5.02 Å². The summed E-state index contributed by atoms with van der Waals surface area (Å²) in [5, 5.41) is 14.5. The summed E-state index contributed by atoms with van der Waals surface area (Å²) in [5.74, 6) is -0.0848. The molecule has 11 heteroatoms. The monoisotopic (exact) mass is 462 g/mol. The fourth-order valence-electron chi connectivity index (χ4n) is 3.53. The molecule has 2 amide bonds. The number of nitro groups is 1. The van der Waals surface area contributed by atoms with E-state index in [2.05, 4.69) is 5.32 Å². The molecule has 1 heterocycles. The number of methoxy groups -OCH3 is 2. The highest BCUT2D eigenvalue weighted by molar-refractivity contribution is 6.30. The largest absolute Gasteiger partial charge is 0.496 e. The Morgan fingerprint density at radius 2 is 1.75 bits per heavy atom. The molecule has 0 radical (unpaired) electrons. The van der Waals surface area contributed by atoms with Crippen LogP contribution in [0.25, 0.3) is 0 Å². The number of hydrogen-bond acceptors (Lipinski definition) is 7. The third-order valence-electron chi connectivity index (χ3n) is 5.22. The fourth-order valence-corrected chi connectivity index (χ4v) is 3.65. The first-order valence-corrected chi connectivity index (χ1v) is 10.2. The zero-order valence-corrected chi connectivity index (χ0v) is 18.4. The van der Waals surface area contributed by atoms with Crippen LogP contribution in [0.1, 0.15) is 11.6 Å². The van der Waals surface area contributed by atoms with Gasteiger partial charge in [-0.2, -0.15) is 0 Å². The number of amides is 2. The number of esters is 1. The lowest BCUT2D eigenvalue weighted by Crippen LogP contribution is -2.52. The van der Waals surface area contributed by atoms with Crippen LogP contribution in [-0.2, 0) is 9.53 Å². The third-order valence-corrected chi connectivity index (χ3v) is 5.47. The first-order chi connectivity index (χ1) is 15.3. The average molecular weight is 463 g/mol. The van der Waals surface area contributed by atoms with Crippen LogP contribution in [-0.4, -0.2) is 67.1 Å². The second-order valence-electron chi connectivity index (χ2n) is 7.07. The SMILES string of the molecule is COC(=O)[C@@H](c1ccc(Cl)cc1)N1CCN(C(=O)Nc2ccc(OC)cc2[N+](=O)[O-])CC1. The molecule has 0 bridgehead atoms. The van der Waals surface area contributed by atoms with Gasteiger partial charge in [-0.1, -0.05) is 23.7 Å². The average Bonchev–Trinajstić information content (AvgIpc) is 2.80. The minimum absolute atomic E-state index is 0.0804. The van der Waals surface area contributed by atoms with Crippen LogP contribution < -0.4 is 10.1 Å². The molecule has 10 nitrogen and oxygen atoms in total. The summed E-state index contributed by atoms with van der Waals surface area (Å²) in [6.07, 6.45) is 0. The lowest BCUT2D eigenvalue weighted by molar-refractivity contribution is -0.384. The maximum Gasteiger partial charge on any atom is 0.327 e. The summed E-state index contributed by atoms with van der Waals surface area (Å²) in [5.41, 5.74) is 0.565. The normalized spacial score (nSPS) is 15.0. The smallest absolute Gasteiger partial charge is 0.327 e. The van der Waals surface area contributed by atoms with Gasteiger partial charge < -0.3 is 19.7 Å². The Morgan fingerprint density at radius 1 is 1.09 bits per heavy atom. The summed E-state index contributed by atoms with van der Waals surface area (Å²) >= 11 is 5.95. The summed E-state index contributed by atoms with van der Waals surface area (Å²) in [6.45, 7) is 1.49. The highest BCUT2D eigenvalue weighted by Gasteiger charge is 2.32. The molecule has 0 unspecified atom stereocenters. The molecule has 3 rings (SSSR count). The number of nitrogens with one attached hydrogen (secondary N) is 1. The van der Waals surface area contributed by atoms with E-state index in [1.165, 1.54) is 32.4 Å². The van der Waals surface area contributed by atoms with Crippen molar-refractivity contribution in [2.75, 3.05) is 45.7 Å². The van der Waals surface area contributed by atoms with E-state index in [1.807, 2.05) is 4.90 Å². The molecule has 0 aromatic heterocycles. The molecule has 0 aliphatic carbocycles. The number of ether oxygens (including phenoxy) is 2. The van der Waals surface area contributed by atoms with E-state index in [-0.39, 0.29) is 11.4 Å². The molecule has 0 spiro atoms. The van der Waals surface area contributed by atoms with Crippen LogP contribution in [0, 0.1) is 10.1 Å². The lowest BCUT2D eigenvalue weighted by atomic mass is 10.0. The quantitative estimate of drug-likeness (QED) is 0.398. The number of anilines is 1. The molecule has 2 aromatic carbocycles. The van der Waals surface area contributed by atoms with Gasteiger partial charge >= 0.3 is 12.0 Å². The molecule has 1 N–H and O–H groups in total. The first kappa shape index (κ1) is 23.3. The number of benzene rings is 2. The molecular formula is C21H23ClN4O6. The van der Waals surface area contributed by atoms with Crippen molar-refractivity contribution < 1.29 is 24.0 Å². The number of rotatable bonds is 6. The summed E-state index contributed by atoms with van der Waals surface area (Å²) < 4.78 is 9.99. The number of nitrogens with zero attached hydrogens (tertiary/aromatic N) is 3. The topological polar surface area (TPSA) is 114 Å². The number of carbonyl (C=O) groups is 2. The van der Waals surface area contributed by atoms with Crippen molar-refractivity contribution in [1.29, 1.82) is 0 Å². The van der Waals surface area contributed by atoms with Crippen LogP contribution in [0.5, 0.6) is 5.75 Å². The molecule has 170 valence electrons. The van der Waals surface area contributed by atoms with Gasteiger partial charge in [-0.05, 0) is 29.8 Å². The van der Waals surface area contributed by atoms with Gasteiger partial charge in [0, 0.05) is 31.2 Å². The Labute approximate surface area is 189 Å². The van der Waals surface area contributed by atoms with Crippen molar-refractivity contribution in [3.05, 3.63) is 63.2 Å². The van der Waals surface area contributed by atoms with E-state index in [0.717, 1.165) is 5.56 Å². The molecule has 1 aliphatic rings. The maximum atomic E-state index is 12.7. The number of halogens is 1. The Kier molecular flexibility index (Phi) is 7.49. The zero-order chi connectivity index (χ0) is 23.3. The number of urea groups is 1. The number of piperazine rings is 1. The Balaban J connectivity index is 1.68. The van der Waals surface area contributed by atoms with E-state index >= 15 is 0 Å². The van der Waals surface area contributed by atoms with Crippen molar-refractivity contribution in [3.8, 4) is 5.75 Å². The van der Waals surface area contributed by atoms with Crippen molar-refractivity contribution in [1.82, 2.24) is 9.80 Å². The predicted molar refractivity (Wildman–Crippen MR) is 118 cm³/mol. The van der Waals surface area contributed by atoms with E-state index in [1.54, 1.807) is 29.2 Å². The first-order valence-electron chi connectivity index (χ1n) is 9.79. The highest BCUT2D eigenvalue weighted by Crippen LogP contribution is 2.30. The van der Waals surface area contributed by atoms with Gasteiger partial charge in [0.2, 0.25) is 0 Å². The second-order valence-corrected chi connectivity index (χ2v) is 7.51. The van der Waals surface area contributed by atoms with Gasteiger partial charge in [0.25, 0.3) is 5.69 Å². The van der Waals surface area contributed by atoms with Gasteiger partial charge in [-0.25, -0.2) is 9.59 Å². The van der Waals surface area contributed by atoms with Gasteiger partial charge in [0.1, 0.15) is 17.5 Å². The zero-order valence-electron chi connectivity index (χ0n) is 17.6. The predicted octanol–water partition coefficient (Wildman–Crippen LogP) is 3.32. The van der Waals surface area contributed by atoms with Crippen molar-refractivity contribution in [3.63, 3.8) is 0 Å². The summed E-state index contributed by atoms with van der Waals surface area (Å²) in [6, 6.07) is 10.1. The third kappa shape index (κ3) is 5.27. The number of nitro benzene ring substituents is 1. The fraction of sp³-hybridized carbons (Fsp3) is 0.333. The van der Waals surface area contributed by atoms with Crippen molar-refractivity contribution >= 4 is 35.0 Å². The Bertz CT molecular complexity index is 992. The van der Waals surface area contributed by atoms with Crippen LogP contribution >= 0.6 is 11.6 Å². The molecule has 1 fully saturated rings. The molecule has 1 atom stereocenters. The lowest BCUT2D eigenvalue weighted by Gasteiger charge is -2.38. The Hall–Kier alpha value is -3.37. The number of hydrogen-bond donors (Lipinski definition) is 1. The maximum absolute atomic E-state index is 12.7. The second kappa shape index (κ2) is 10.3. The van der Waals surface area contributed by atoms with Gasteiger partial charge in [-0.15, -0.1) is 0 Å². The summed E-state index contributed by atoms with van der Waals surface area (Å²) in [4.78, 5) is 39.4. The van der Waals surface area contributed by atoms with E-state index in [4.69, 9.17) is 21.1 Å². The summed E-state index contributed by atoms with van der Waals surface area (Å²) in [7, 11) is 2.74. The van der Waals surface area contributed by atoms with Gasteiger partial charge in [0.05, 0.1) is 25.2 Å². The molecule has 2 aromatic rings. The van der Waals surface area contributed by atoms with Gasteiger partial charge in [0.15, 0.2) is 0 Å². The standard InChI is InChI=1S/C21H23ClN4O6/c1-31-16-7-8-17(18(13-16)26(29)30)23-21(28)25-11-9-24(10-12-25)19(20(27)32-2)14-3-5-15(22)6-4-14/h3-8,13,19H,9-12H2,1-2H3,(H,23,28)/t19-/m1/s1. The van der Waals surface area contributed by atoms with Crippen molar-refractivity contribution in [2.24, 2.45) is 0 Å². The van der Waals surface area contributed by atoms with Crippen molar-refractivity contribution in [2.45, 2.75) is 6.04 Å². The molecule has 32 heavy (non-hydrogen) atoms. The minimum atomic E-state index is -0.620.